The lowest BCUT2D eigenvalue weighted by molar-refractivity contribution is -0.122. The van der Waals surface area contributed by atoms with Crippen LogP contribution in [0.25, 0.3) is 0 Å². The van der Waals surface area contributed by atoms with E-state index >= 15 is 0 Å². The molecule has 5 heteroatoms. The highest BCUT2D eigenvalue weighted by Crippen LogP contribution is 2.27. The Hall–Kier alpha value is 0.0700. The minimum Gasteiger partial charge on any atom is -0.355 e. The van der Waals surface area contributed by atoms with Crippen LogP contribution in [0, 0.1) is 5.92 Å². The molecule has 0 radical (unpaired) electrons. The van der Waals surface area contributed by atoms with E-state index in [1.165, 1.54) is 31.4 Å². The molecular formula is C13H25ClN2OS. The van der Waals surface area contributed by atoms with Gasteiger partial charge in [0.15, 0.2) is 0 Å². The molecule has 18 heavy (non-hydrogen) atoms. The summed E-state index contributed by atoms with van der Waals surface area (Å²) in [5, 5.41) is 3.73. The molecule has 0 bridgehead atoms. The first kappa shape index (κ1) is 16.1. The van der Waals surface area contributed by atoms with Gasteiger partial charge in [-0.1, -0.05) is 12.8 Å². The molecule has 1 heterocycles. The summed E-state index contributed by atoms with van der Waals surface area (Å²) < 4.78 is 0. The third-order valence-electron chi connectivity index (χ3n) is 3.97. The lowest BCUT2D eigenvalue weighted by atomic mass is 9.83. The van der Waals surface area contributed by atoms with E-state index < -0.39 is 0 Å². The molecule has 3 atom stereocenters. The predicted molar refractivity (Wildman–Crippen MR) is 80.3 cm³/mol. The number of carbonyl (C=O) groups is 1. The van der Waals surface area contributed by atoms with Gasteiger partial charge in [-0.15, -0.1) is 12.4 Å². The number of thioether (sulfide) groups is 1. The van der Waals surface area contributed by atoms with Crippen LogP contribution < -0.4 is 11.1 Å². The molecular weight excluding hydrogens is 268 g/mol. The predicted octanol–water partition coefficient (Wildman–Crippen LogP) is 2.33. The molecule has 0 aromatic carbocycles. The molecule has 1 aliphatic heterocycles. The third-order valence-corrected chi connectivity index (χ3v) is 5.36. The molecule has 2 aliphatic rings. The highest BCUT2D eigenvalue weighted by molar-refractivity contribution is 8.00. The second-order valence-corrected chi connectivity index (χ2v) is 6.76. The van der Waals surface area contributed by atoms with Gasteiger partial charge in [-0.2, -0.15) is 11.8 Å². The molecule has 1 aliphatic carbocycles. The molecule has 1 amide bonds. The fourth-order valence-electron chi connectivity index (χ4n) is 2.83. The molecule has 1 saturated carbocycles. The van der Waals surface area contributed by atoms with Crippen molar-refractivity contribution in [2.75, 3.05) is 12.3 Å². The summed E-state index contributed by atoms with van der Waals surface area (Å²) in [6.45, 7) is 0.853. The van der Waals surface area contributed by atoms with Crippen LogP contribution in [0.4, 0.5) is 0 Å². The topological polar surface area (TPSA) is 55.1 Å². The van der Waals surface area contributed by atoms with Gasteiger partial charge in [0.25, 0.3) is 0 Å². The van der Waals surface area contributed by atoms with Gasteiger partial charge in [0, 0.05) is 24.3 Å². The summed E-state index contributed by atoms with van der Waals surface area (Å²) in [7, 11) is 0. The van der Waals surface area contributed by atoms with Gasteiger partial charge in [-0.05, 0) is 37.4 Å². The molecule has 0 spiro atoms. The Kier molecular flexibility index (Phi) is 7.42. The molecule has 3 nitrogen and oxygen atoms in total. The Labute approximate surface area is 120 Å². The minimum absolute atomic E-state index is 0. The van der Waals surface area contributed by atoms with Crippen LogP contribution >= 0.6 is 24.2 Å². The van der Waals surface area contributed by atoms with E-state index in [2.05, 4.69) is 5.32 Å². The van der Waals surface area contributed by atoms with Crippen molar-refractivity contribution >= 4 is 30.1 Å². The van der Waals surface area contributed by atoms with Crippen molar-refractivity contribution in [2.24, 2.45) is 11.7 Å². The smallest absolute Gasteiger partial charge is 0.220 e. The van der Waals surface area contributed by atoms with Crippen molar-refractivity contribution in [2.45, 2.75) is 56.2 Å². The first-order valence-electron chi connectivity index (χ1n) is 6.89. The standard InChI is InChI=1S/C13H24N2OS.ClH/c14-12-6-2-1-4-10(12)8-13(16)15-9-11-5-3-7-17-11;/h10-12H,1-9,14H2,(H,15,16);1H. The third kappa shape index (κ3) is 4.98. The Morgan fingerprint density at radius 3 is 2.67 bits per heavy atom. The number of hydrogen-bond donors (Lipinski definition) is 2. The molecule has 1 saturated heterocycles. The molecule has 3 N–H and O–H groups in total. The SMILES string of the molecule is Cl.NC1CCCCC1CC(=O)NCC1CCCS1. The Bertz CT molecular complexity index is 259. The van der Waals surface area contributed by atoms with Gasteiger partial charge < -0.3 is 11.1 Å². The summed E-state index contributed by atoms with van der Waals surface area (Å²) in [6.07, 6.45) is 7.90. The van der Waals surface area contributed by atoms with Crippen molar-refractivity contribution in [3.05, 3.63) is 0 Å². The fraction of sp³-hybridized carbons (Fsp3) is 0.923. The first-order chi connectivity index (χ1) is 8.25. The second-order valence-electron chi connectivity index (χ2n) is 5.35. The lowest BCUT2D eigenvalue weighted by Crippen LogP contribution is -2.38. The molecule has 3 unspecified atom stereocenters. The van der Waals surface area contributed by atoms with Gasteiger partial charge in [0.05, 0.1) is 0 Å². The zero-order valence-electron chi connectivity index (χ0n) is 10.9. The van der Waals surface area contributed by atoms with Crippen LogP contribution in [0.15, 0.2) is 0 Å². The average molecular weight is 293 g/mol. The summed E-state index contributed by atoms with van der Waals surface area (Å²) in [5.74, 6) is 1.88. The van der Waals surface area contributed by atoms with Crippen LogP contribution in [0.5, 0.6) is 0 Å². The highest BCUT2D eigenvalue weighted by atomic mass is 35.5. The number of amides is 1. The summed E-state index contributed by atoms with van der Waals surface area (Å²) in [6, 6.07) is 0.246. The maximum atomic E-state index is 11.8. The number of nitrogens with one attached hydrogen (secondary N) is 1. The van der Waals surface area contributed by atoms with Crippen molar-refractivity contribution in [1.82, 2.24) is 5.32 Å². The Morgan fingerprint density at radius 2 is 2.00 bits per heavy atom. The molecule has 0 aromatic rings. The van der Waals surface area contributed by atoms with E-state index in [9.17, 15) is 4.79 Å². The summed E-state index contributed by atoms with van der Waals surface area (Å²) >= 11 is 1.99. The van der Waals surface area contributed by atoms with Crippen molar-refractivity contribution in [1.29, 1.82) is 0 Å². The number of nitrogens with two attached hydrogens (primary N) is 1. The average Bonchev–Trinajstić information content (AvgIpc) is 2.82. The van der Waals surface area contributed by atoms with E-state index in [1.807, 2.05) is 11.8 Å². The zero-order chi connectivity index (χ0) is 12.1. The van der Waals surface area contributed by atoms with Crippen LogP contribution in [-0.4, -0.2) is 29.5 Å². The quantitative estimate of drug-likeness (QED) is 0.836. The van der Waals surface area contributed by atoms with Gasteiger partial charge >= 0.3 is 0 Å². The van der Waals surface area contributed by atoms with E-state index in [0.29, 0.717) is 17.6 Å². The summed E-state index contributed by atoms with van der Waals surface area (Å²) in [5.41, 5.74) is 6.06. The Balaban J connectivity index is 0.00000162. The molecule has 2 fully saturated rings. The van der Waals surface area contributed by atoms with Crippen LogP contribution in [0.3, 0.4) is 0 Å². The maximum absolute atomic E-state index is 11.8. The fourth-order valence-corrected chi connectivity index (χ4v) is 4.03. The van der Waals surface area contributed by atoms with Gasteiger partial charge in [-0.3, -0.25) is 4.79 Å². The van der Waals surface area contributed by atoms with E-state index in [1.54, 1.807) is 0 Å². The normalized spacial score (nSPS) is 31.7. The minimum atomic E-state index is 0. The lowest BCUT2D eigenvalue weighted by Gasteiger charge is -2.28. The highest BCUT2D eigenvalue weighted by Gasteiger charge is 2.24. The molecule has 0 aromatic heterocycles. The van der Waals surface area contributed by atoms with Gasteiger partial charge in [0.1, 0.15) is 0 Å². The van der Waals surface area contributed by atoms with E-state index in [0.717, 1.165) is 19.4 Å². The summed E-state index contributed by atoms with van der Waals surface area (Å²) in [4.78, 5) is 11.8. The van der Waals surface area contributed by atoms with Crippen LogP contribution in [0.1, 0.15) is 44.9 Å². The van der Waals surface area contributed by atoms with Gasteiger partial charge in [0.2, 0.25) is 5.91 Å². The van der Waals surface area contributed by atoms with E-state index in [-0.39, 0.29) is 24.4 Å². The molecule has 106 valence electrons. The largest absolute Gasteiger partial charge is 0.355 e. The van der Waals surface area contributed by atoms with Crippen molar-refractivity contribution in [3.8, 4) is 0 Å². The number of rotatable bonds is 4. The zero-order valence-corrected chi connectivity index (χ0v) is 12.5. The maximum Gasteiger partial charge on any atom is 0.220 e. The van der Waals surface area contributed by atoms with Crippen molar-refractivity contribution in [3.63, 3.8) is 0 Å². The monoisotopic (exact) mass is 292 g/mol. The van der Waals surface area contributed by atoms with Gasteiger partial charge in [-0.25, -0.2) is 0 Å². The number of halogens is 1. The molecule has 2 rings (SSSR count). The first-order valence-corrected chi connectivity index (χ1v) is 7.94. The number of carbonyl (C=O) groups excluding carboxylic acids is 1. The van der Waals surface area contributed by atoms with E-state index in [4.69, 9.17) is 5.73 Å². The van der Waals surface area contributed by atoms with Crippen molar-refractivity contribution < 1.29 is 4.79 Å². The Morgan fingerprint density at radius 1 is 1.22 bits per heavy atom. The van der Waals surface area contributed by atoms with Crippen LogP contribution in [-0.2, 0) is 4.79 Å². The second kappa shape index (κ2) is 8.28. The number of hydrogen-bond acceptors (Lipinski definition) is 3. The van der Waals surface area contributed by atoms with Crippen LogP contribution in [0.2, 0.25) is 0 Å².